The summed E-state index contributed by atoms with van der Waals surface area (Å²) >= 11 is 0. The molecule has 11 aromatic carbocycles. The van der Waals surface area contributed by atoms with E-state index in [0.717, 1.165) is 11.4 Å². The van der Waals surface area contributed by atoms with Crippen LogP contribution < -0.4 is 0 Å². The van der Waals surface area contributed by atoms with E-state index in [-0.39, 0.29) is 0 Å². The van der Waals surface area contributed by atoms with Crippen molar-refractivity contribution in [1.29, 1.82) is 0 Å². The van der Waals surface area contributed by atoms with Crippen LogP contribution in [-0.2, 0) is 0 Å². The summed E-state index contributed by atoms with van der Waals surface area (Å²) in [6.45, 7) is 0. The summed E-state index contributed by atoms with van der Waals surface area (Å²) in [6.07, 6.45) is 0. The highest BCUT2D eigenvalue weighted by atomic mass is 15.0. The van der Waals surface area contributed by atoms with Crippen LogP contribution in [0.5, 0.6) is 0 Å². The standard InChI is InChI=1S/C62H38N2/c1-2-15-46(16-3-1)63-58-23-9-7-19-50(58)51-33-30-44(37-59(51)63)45-31-34-52-55-35-28-40-12-4-5-18-48(40)62(55)64(60(52)38-45)57-22-8-6-17-47(57)41-26-24-39(25-27-41)43-29-32-49-53-20-10-13-42-14-11-21-54(61(42)53)56(49)36-43/h1-38H. The zero-order valence-corrected chi connectivity index (χ0v) is 34.8. The van der Waals surface area contributed by atoms with E-state index in [1.54, 1.807) is 0 Å². The minimum absolute atomic E-state index is 1.16. The summed E-state index contributed by atoms with van der Waals surface area (Å²) in [5, 5.41) is 10.1. The average molecular weight is 811 g/mol. The number of hydrogen-bond acceptors (Lipinski definition) is 0. The van der Waals surface area contributed by atoms with Crippen LogP contribution >= 0.6 is 0 Å². The highest BCUT2D eigenvalue weighted by Crippen LogP contribution is 2.49. The van der Waals surface area contributed by atoms with Gasteiger partial charge in [0.05, 0.1) is 27.8 Å². The summed E-state index contributed by atoms with van der Waals surface area (Å²) < 4.78 is 4.93. The van der Waals surface area contributed by atoms with Crippen molar-refractivity contribution in [2.24, 2.45) is 0 Å². The van der Waals surface area contributed by atoms with E-state index < -0.39 is 0 Å². The second kappa shape index (κ2) is 13.5. The lowest BCUT2D eigenvalue weighted by Gasteiger charge is -2.16. The minimum Gasteiger partial charge on any atom is -0.309 e. The first-order valence-corrected chi connectivity index (χ1v) is 22.2. The van der Waals surface area contributed by atoms with Crippen LogP contribution in [-0.4, -0.2) is 9.13 Å². The first-order valence-electron chi connectivity index (χ1n) is 22.2. The normalized spacial score (nSPS) is 12.1. The molecule has 0 spiro atoms. The van der Waals surface area contributed by atoms with Gasteiger partial charge in [-0.1, -0.05) is 188 Å². The molecule has 1 aliphatic rings. The van der Waals surface area contributed by atoms with Crippen LogP contribution in [0.3, 0.4) is 0 Å². The van der Waals surface area contributed by atoms with Gasteiger partial charge in [0.1, 0.15) is 0 Å². The molecule has 0 unspecified atom stereocenters. The SMILES string of the molecule is c1ccc(-n2c3ccccc3c3ccc(-c4ccc5c6ccc7ccccc7c6n(-c6ccccc6-c6ccc(-c7ccc8c(c7)-c7cccc9cccc-8c79)cc6)c5c4)cc32)cc1. The molecular weight excluding hydrogens is 773 g/mol. The molecule has 14 rings (SSSR count). The van der Waals surface area contributed by atoms with E-state index >= 15 is 0 Å². The van der Waals surface area contributed by atoms with E-state index in [2.05, 4.69) is 240 Å². The van der Waals surface area contributed by atoms with Gasteiger partial charge in [0.2, 0.25) is 0 Å². The van der Waals surface area contributed by atoms with Crippen molar-refractivity contribution in [2.75, 3.05) is 0 Å². The topological polar surface area (TPSA) is 9.86 Å². The van der Waals surface area contributed by atoms with Crippen molar-refractivity contribution in [3.63, 3.8) is 0 Å². The molecule has 2 nitrogen and oxygen atoms in total. The zero-order chi connectivity index (χ0) is 41.9. The van der Waals surface area contributed by atoms with Gasteiger partial charge < -0.3 is 9.13 Å². The molecule has 1 aliphatic carbocycles. The molecule has 0 radical (unpaired) electrons. The average Bonchev–Trinajstić information content (AvgIpc) is 4.00. The van der Waals surface area contributed by atoms with Gasteiger partial charge in [-0.15, -0.1) is 0 Å². The number of fused-ring (bicyclic) bond motifs is 11. The fourth-order valence-electron chi connectivity index (χ4n) is 10.9. The molecule has 0 bridgehead atoms. The first kappa shape index (κ1) is 35.2. The Hall–Kier alpha value is -8.46. The van der Waals surface area contributed by atoms with E-state index in [1.807, 2.05) is 0 Å². The van der Waals surface area contributed by atoms with Gasteiger partial charge in [0.15, 0.2) is 0 Å². The molecule has 2 aromatic heterocycles. The van der Waals surface area contributed by atoms with Crippen molar-refractivity contribution >= 4 is 65.2 Å². The van der Waals surface area contributed by atoms with Gasteiger partial charge in [-0.05, 0) is 109 Å². The highest BCUT2D eigenvalue weighted by Gasteiger charge is 2.23. The summed E-state index contributed by atoms with van der Waals surface area (Å²) in [5.74, 6) is 0. The Morgan fingerprint density at radius 2 is 0.797 bits per heavy atom. The molecule has 0 N–H and O–H groups in total. The largest absolute Gasteiger partial charge is 0.309 e. The van der Waals surface area contributed by atoms with Gasteiger partial charge in [-0.25, -0.2) is 0 Å². The third kappa shape index (κ3) is 5.08. The van der Waals surface area contributed by atoms with Gasteiger partial charge in [-0.2, -0.15) is 0 Å². The molecule has 0 saturated carbocycles. The third-order valence-corrected chi connectivity index (χ3v) is 13.9. The van der Waals surface area contributed by atoms with Crippen molar-refractivity contribution in [2.45, 2.75) is 0 Å². The lowest BCUT2D eigenvalue weighted by molar-refractivity contribution is 1.18. The molecule has 296 valence electrons. The maximum Gasteiger partial charge on any atom is 0.0619 e. The number of benzene rings is 11. The number of hydrogen-bond donors (Lipinski definition) is 0. The Kier molecular flexibility index (Phi) is 7.43. The molecule has 0 atom stereocenters. The molecule has 0 fully saturated rings. The number of rotatable bonds is 5. The molecule has 2 heteroatoms. The summed E-state index contributed by atoms with van der Waals surface area (Å²) in [7, 11) is 0. The molecule has 0 aliphatic heterocycles. The Labute approximate surface area is 370 Å². The Balaban J connectivity index is 0.932. The lowest BCUT2D eigenvalue weighted by Crippen LogP contribution is -1.98. The van der Waals surface area contributed by atoms with E-state index in [0.29, 0.717) is 0 Å². The predicted octanol–water partition coefficient (Wildman–Crippen LogP) is 16.8. The van der Waals surface area contributed by atoms with Crippen molar-refractivity contribution in [3.05, 3.63) is 231 Å². The van der Waals surface area contributed by atoms with Crippen LogP contribution in [0.15, 0.2) is 231 Å². The van der Waals surface area contributed by atoms with Crippen LogP contribution in [0.2, 0.25) is 0 Å². The van der Waals surface area contributed by atoms with Crippen molar-refractivity contribution < 1.29 is 0 Å². The molecular formula is C62H38N2. The first-order chi connectivity index (χ1) is 31.7. The zero-order valence-electron chi connectivity index (χ0n) is 34.8. The maximum absolute atomic E-state index is 2.53. The predicted molar refractivity (Wildman–Crippen MR) is 271 cm³/mol. The minimum atomic E-state index is 1.16. The van der Waals surface area contributed by atoms with E-state index in [1.165, 1.54) is 121 Å². The summed E-state index contributed by atoms with van der Waals surface area (Å²) in [5.41, 5.74) is 19.6. The van der Waals surface area contributed by atoms with Crippen LogP contribution in [0.25, 0.3) is 132 Å². The molecule has 13 aromatic rings. The van der Waals surface area contributed by atoms with Gasteiger partial charge in [0.25, 0.3) is 0 Å². The van der Waals surface area contributed by atoms with Crippen LogP contribution in [0.1, 0.15) is 0 Å². The van der Waals surface area contributed by atoms with Gasteiger partial charge in [-0.3, -0.25) is 0 Å². The number of nitrogens with zero attached hydrogens (tertiary/aromatic N) is 2. The summed E-state index contributed by atoms with van der Waals surface area (Å²) in [6, 6.07) is 85.3. The van der Waals surface area contributed by atoms with E-state index in [4.69, 9.17) is 0 Å². The van der Waals surface area contributed by atoms with Gasteiger partial charge >= 0.3 is 0 Å². The quantitative estimate of drug-likeness (QED) is 0.164. The Morgan fingerprint density at radius 3 is 1.61 bits per heavy atom. The highest BCUT2D eigenvalue weighted by molar-refractivity contribution is 6.20. The van der Waals surface area contributed by atoms with Crippen LogP contribution in [0.4, 0.5) is 0 Å². The molecule has 2 heterocycles. The van der Waals surface area contributed by atoms with Crippen molar-refractivity contribution in [3.8, 4) is 67.0 Å². The van der Waals surface area contributed by atoms with Gasteiger partial charge in [0, 0.05) is 38.2 Å². The molecule has 0 saturated heterocycles. The smallest absolute Gasteiger partial charge is 0.0619 e. The number of para-hydroxylation sites is 3. The Morgan fingerprint density at radius 1 is 0.250 bits per heavy atom. The van der Waals surface area contributed by atoms with Crippen molar-refractivity contribution in [1.82, 2.24) is 9.13 Å². The second-order valence-electron chi connectivity index (χ2n) is 17.2. The van der Waals surface area contributed by atoms with Crippen LogP contribution in [0, 0.1) is 0 Å². The third-order valence-electron chi connectivity index (χ3n) is 13.9. The Bertz CT molecular complexity index is 4050. The molecule has 0 amide bonds. The molecule has 64 heavy (non-hydrogen) atoms. The lowest BCUT2D eigenvalue weighted by atomic mass is 9.95. The maximum atomic E-state index is 2.53. The second-order valence-corrected chi connectivity index (χ2v) is 17.2. The van der Waals surface area contributed by atoms with E-state index in [9.17, 15) is 0 Å². The fourth-order valence-corrected chi connectivity index (χ4v) is 10.9. The summed E-state index contributed by atoms with van der Waals surface area (Å²) in [4.78, 5) is 0. The fraction of sp³-hybridized carbons (Fsp3) is 0. The number of aromatic nitrogens is 2. The monoisotopic (exact) mass is 810 g/mol.